The van der Waals surface area contributed by atoms with E-state index < -0.39 is 17.7 Å². The highest BCUT2D eigenvalue weighted by molar-refractivity contribution is 5.95. The summed E-state index contributed by atoms with van der Waals surface area (Å²) < 4.78 is 60.3. The van der Waals surface area contributed by atoms with Crippen LogP contribution in [-0.2, 0) is 37.8 Å². The molecule has 5 aromatic rings. The van der Waals surface area contributed by atoms with E-state index in [9.17, 15) is 23.1 Å². The number of ether oxygens (including phenoxy) is 3. The van der Waals surface area contributed by atoms with E-state index in [-0.39, 0.29) is 23.3 Å². The maximum atomic E-state index is 13.2. The van der Waals surface area contributed by atoms with Crippen LogP contribution in [0.25, 0.3) is 11.0 Å². The Labute approximate surface area is 285 Å². The molecule has 1 saturated carbocycles. The Hall–Kier alpha value is -5.18. The quantitative estimate of drug-likeness (QED) is 0.177. The first-order valence-electron chi connectivity index (χ1n) is 16.2. The Morgan fingerprint density at radius 3 is 2.62 bits per heavy atom. The van der Waals surface area contributed by atoms with Crippen molar-refractivity contribution in [3.63, 3.8) is 0 Å². The van der Waals surface area contributed by atoms with E-state index in [1.807, 2.05) is 17.7 Å². The molecule has 12 nitrogen and oxygen atoms in total. The van der Waals surface area contributed by atoms with Gasteiger partial charge in [0.1, 0.15) is 35.3 Å². The molecule has 1 aliphatic carbocycles. The van der Waals surface area contributed by atoms with E-state index >= 15 is 0 Å². The molecule has 2 atom stereocenters. The molecule has 3 aromatic heterocycles. The Balaban J connectivity index is 1.08. The van der Waals surface area contributed by atoms with Crippen molar-refractivity contribution in [2.75, 3.05) is 27.3 Å². The summed E-state index contributed by atoms with van der Waals surface area (Å²) >= 11 is 0. The fraction of sp³-hybridized carbons (Fsp3) is 0.400. The Kier molecular flexibility index (Phi) is 8.62. The molecule has 1 aliphatic heterocycles. The predicted octanol–water partition coefficient (Wildman–Crippen LogP) is 5.57. The van der Waals surface area contributed by atoms with Crippen molar-refractivity contribution in [3.05, 3.63) is 89.2 Å². The van der Waals surface area contributed by atoms with Crippen molar-refractivity contribution in [3.8, 4) is 17.4 Å². The number of aromatic carboxylic acids is 1. The molecule has 262 valence electrons. The largest absolute Gasteiger partial charge is 0.496 e. The van der Waals surface area contributed by atoms with Crippen LogP contribution in [0.2, 0.25) is 0 Å². The summed E-state index contributed by atoms with van der Waals surface area (Å²) in [6, 6.07) is 8.11. The molecule has 1 N–H and O–H groups in total. The lowest BCUT2D eigenvalue weighted by Crippen LogP contribution is -2.37. The highest BCUT2D eigenvalue weighted by Gasteiger charge is 2.59. The summed E-state index contributed by atoms with van der Waals surface area (Å²) in [6.07, 6.45) is 2.51. The lowest BCUT2D eigenvalue weighted by Gasteiger charge is -2.30. The molecule has 0 amide bonds. The molecule has 0 bridgehead atoms. The summed E-state index contributed by atoms with van der Waals surface area (Å²) in [7, 11) is 2.83. The third-order valence-electron chi connectivity index (χ3n) is 9.84. The maximum Gasteiger partial charge on any atom is 0.416 e. The first-order valence-corrected chi connectivity index (χ1v) is 16.2. The zero-order valence-electron chi connectivity index (χ0n) is 27.8. The van der Waals surface area contributed by atoms with Crippen LogP contribution in [0.3, 0.4) is 0 Å². The third-order valence-corrected chi connectivity index (χ3v) is 9.84. The zero-order valence-corrected chi connectivity index (χ0v) is 27.8. The number of nitrogens with zero attached hydrogens (tertiary/aromatic N) is 7. The minimum atomic E-state index is -4.47. The van der Waals surface area contributed by atoms with E-state index in [1.165, 1.54) is 26.4 Å². The highest BCUT2D eigenvalue weighted by atomic mass is 19.4. The highest BCUT2D eigenvalue weighted by Crippen LogP contribution is 2.58. The van der Waals surface area contributed by atoms with Crippen molar-refractivity contribution in [2.45, 2.75) is 57.6 Å². The molecule has 15 heteroatoms. The number of carboxylic acids is 1. The van der Waals surface area contributed by atoms with Crippen molar-refractivity contribution in [1.82, 2.24) is 34.0 Å². The van der Waals surface area contributed by atoms with E-state index in [4.69, 9.17) is 24.2 Å². The Morgan fingerprint density at radius 1 is 1.08 bits per heavy atom. The van der Waals surface area contributed by atoms with Crippen LogP contribution in [0.5, 0.6) is 17.4 Å². The number of rotatable bonds is 12. The van der Waals surface area contributed by atoms with Gasteiger partial charge in [0.25, 0.3) is 0 Å². The van der Waals surface area contributed by atoms with Gasteiger partial charge in [0, 0.05) is 42.5 Å². The molecule has 2 fully saturated rings. The van der Waals surface area contributed by atoms with Gasteiger partial charge in [0.05, 0.1) is 56.0 Å². The Morgan fingerprint density at radius 2 is 1.90 bits per heavy atom. The summed E-state index contributed by atoms with van der Waals surface area (Å²) in [4.78, 5) is 33.0. The number of aromatic nitrogens is 6. The maximum absolute atomic E-state index is 13.2. The fourth-order valence-electron chi connectivity index (χ4n) is 7.01. The van der Waals surface area contributed by atoms with Gasteiger partial charge in [-0.05, 0) is 56.5 Å². The second-order valence-electron chi connectivity index (χ2n) is 12.7. The number of aryl methyl sites for hydroxylation is 1. The monoisotopic (exact) mass is 691 g/mol. The number of methoxy groups -OCH3 is 2. The average Bonchev–Trinajstić information content (AvgIpc) is 3.51. The van der Waals surface area contributed by atoms with Gasteiger partial charge in [-0.25, -0.2) is 19.7 Å². The molecule has 4 heterocycles. The lowest BCUT2D eigenvalue weighted by molar-refractivity contribution is -0.137. The first kappa shape index (κ1) is 33.3. The van der Waals surface area contributed by atoms with Crippen LogP contribution in [0.15, 0.2) is 55.1 Å². The minimum absolute atomic E-state index is 0.0131. The second-order valence-corrected chi connectivity index (χ2v) is 12.7. The first-order chi connectivity index (χ1) is 24.0. The third kappa shape index (κ3) is 6.21. The average molecular weight is 692 g/mol. The number of hydrogen-bond donors (Lipinski definition) is 1. The van der Waals surface area contributed by atoms with Crippen LogP contribution in [0.1, 0.15) is 58.6 Å². The van der Waals surface area contributed by atoms with E-state index in [0.29, 0.717) is 53.1 Å². The number of piperidine rings is 1. The number of carboxylic acid groups (broad SMARTS) is 1. The van der Waals surface area contributed by atoms with E-state index in [2.05, 4.69) is 19.4 Å². The van der Waals surface area contributed by atoms with Crippen molar-refractivity contribution < 1.29 is 37.3 Å². The lowest BCUT2D eigenvalue weighted by atomic mass is 9.94. The van der Waals surface area contributed by atoms with Crippen molar-refractivity contribution in [1.29, 1.82) is 0 Å². The molecule has 2 aliphatic rings. The SMILES string of the molecule is CCn1cncc1Cn1c(CN2CCC3(c4nccc(OCc5ccc(C(F)(F)F)cc5OC)n4)CC3C2)nc2c(OC)cc(C(=O)O)cc21. The number of fused-ring (bicyclic) bond motifs is 2. The van der Waals surface area contributed by atoms with Crippen LogP contribution in [0.4, 0.5) is 13.2 Å². The van der Waals surface area contributed by atoms with Gasteiger partial charge < -0.3 is 28.5 Å². The molecule has 0 radical (unpaired) electrons. The molecule has 7 rings (SSSR count). The number of likely N-dealkylation sites (tertiary alicyclic amines) is 1. The smallest absolute Gasteiger partial charge is 0.416 e. The van der Waals surface area contributed by atoms with Gasteiger partial charge >= 0.3 is 12.1 Å². The van der Waals surface area contributed by atoms with Gasteiger partial charge in [-0.3, -0.25) is 4.90 Å². The van der Waals surface area contributed by atoms with E-state index in [1.54, 1.807) is 24.7 Å². The Bertz CT molecular complexity index is 2060. The summed E-state index contributed by atoms with van der Waals surface area (Å²) in [5.41, 5.74) is 1.87. The molecule has 2 unspecified atom stereocenters. The summed E-state index contributed by atoms with van der Waals surface area (Å²) in [6.45, 7) is 5.35. The molecule has 50 heavy (non-hydrogen) atoms. The van der Waals surface area contributed by atoms with Gasteiger partial charge in [0.2, 0.25) is 5.88 Å². The number of hydrogen-bond acceptors (Lipinski definition) is 9. The van der Waals surface area contributed by atoms with Crippen LogP contribution in [0, 0.1) is 5.92 Å². The second kappa shape index (κ2) is 12.9. The molecule has 2 aromatic carbocycles. The van der Waals surface area contributed by atoms with Crippen LogP contribution < -0.4 is 14.2 Å². The molecular weight excluding hydrogens is 655 g/mol. The number of imidazole rings is 2. The standard InChI is InChI=1S/C35H36F3N7O5/c1-4-44-20-39-15-25(44)17-45-26-11-22(32(46)47)12-28(49-3)31(26)41-29(45)18-43-10-8-34(14-24(34)16-43)33-40-9-7-30(42-33)50-19-21-5-6-23(35(36,37)38)13-27(21)48-2/h5-7,9,11-13,15,20,24H,4,8,10,14,16-19H2,1-3H3,(H,46,47). The predicted molar refractivity (Wildman–Crippen MR) is 174 cm³/mol. The fourth-order valence-corrected chi connectivity index (χ4v) is 7.01. The van der Waals surface area contributed by atoms with Crippen molar-refractivity contribution >= 4 is 17.0 Å². The number of halogens is 3. The zero-order chi connectivity index (χ0) is 35.2. The number of benzene rings is 2. The minimum Gasteiger partial charge on any atom is -0.496 e. The van der Waals surface area contributed by atoms with Gasteiger partial charge in [-0.15, -0.1) is 0 Å². The number of alkyl halides is 3. The molecular formula is C35H36F3N7O5. The van der Waals surface area contributed by atoms with Crippen molar-refractivity contribution in [2.24, 2.45) is 5.92 Å². The van der Waals surface area contributed by atoms with Gasteiger partial charge in [0.15, 0.2) is 0 Å². The van der Waals surface area contributed by atoms with Crippen LogP contribution in [-0.4, -0.2) is 72.4 Å². The topological polar surface area (TPSA) is 130 Å². The number of carbonyl (C=O) groups is 1. The summed E-state index contributed by atoms with van der Waals surface area (Å²) in [5.74, 6) is 1.60. The molecule has 1 saturated heterocycles. The summed E-state index contributed by atoms with van der Waals surface area (Å²) in [5, 5.41) is 9.80. The van der Waals surface area contributed by atoms with E-state index in [0.717, 1.165) is 56.1 Å². The molecule has 0 spiro atoms. The normalized spacial score (nSPS) is 19.0. The van der Waals surface area contributed by atoms with Gasteiger partial charge in [-0.2, -0.15) is 18.2 Å². The van der Waals surface area contributed by atoms with Crippen LogP contribution >= 0.6 is 0 Å². The van der Waals surface area contributed by atoms with Gasteiger partial charge in [-0.1, -0.05) is 6.07 Å².